The van der Waals surface area contributed by atoms with Crippen molar-refractivity contribution < 1.29 is 9.90 Å². The van der Waals surface area contributed by atoms with Crippen molar-refractivity contribution in [3.8, 4) is 0 Å². The van der Waals surface area contributed by atoms with Gasteiger partial charge in [-0.3, -0.25) is 4.79 Å². The fraction of sp³-hybridized carbons (Fsp3) is 0.750. The van der Waals surface area contributed by atoms with Crippen LogP contribution in [0.5, 0.6) is 0 Å². The van der Waals surface area contributed by atoms with E-state index in [-0.39, 0.29) is 0 Å². The van der Waals surface area contributed by atoms with Crippen molar-refractivity contribution in [1.82, 2.24) is 15.5 Å². The molecule has 0 saturated heterocycles. The summed E-state index contributed by atoms with van der Waals surface area (Å²) < 4.78 is 0.961. The second-order valence-electron chi connectivity index (χ2n) is 4.94. The molecule has 0 fully saturated rings. The number of nitrogens with zero attached hydrogens (tertiary/aromatic N) is 3. The maximum Gasteiger partial charge on any atom is 0.323 e. The van der Waals surface area contributed by atoms with E-state index in [0.717, 1.165) is 28.1 Å². The maximum atomic E-state index is 11.1. The minimum Gasteiger partial charge on any atom is -0.480 e. The molecule has 1 aromatic rings. The number of carboxylic acid groups (broad SMARTS) is 1. The van der Waals surface area contributed by atoms with Gasteiger partial charge in [-0.05, 0) is 26.8 Å². The lowest BCUT2D eigenvalue weighted by Gasteiger charge is -2.23. The van der Waals surface area contributed by atoms with Gasteiger partial charge in [0.1, 0.15) is 5.54 Å². The molecule has 0 aliphatic rings. The number of thioether (sulfide) groups is 1. The van der Waals surface area contributed by atoms with Gasteiger partial charge < -0.3 is 15.3 Å². The molecule has 1 rings (SSSR count). The number of hydrogen-bond donors (Lipinski definition) is 2. The number of anilines is 1. The summed E-state index contributed by atoms with van der Waals surface area (Å²) in [7, 11) is 5.58. The molecule has 0 radical (unpaired) electrons. The lowest BCUT2D eigenvalue weighted by Crippen LogP contribution is -2.47. The Hall–Kier alpha value is -0.860. The van der Waals surface area contributed by atoms with Gasteiger partial charge >= 0.3 is 5.97 Å². The van der Waals surface area contributed by atoms with E-state index < -0.39 is 11.5 Å². The molecule has 0 aliphatic heterocycles. The van der Waals surface area contributed by atoms with Crippen molar-refractivity contribution in [2.75, 3.05) is 31.8 Å². The molecule has 0 amide bonds. The monoisotopic (exact) mass is 318 g/mol. The molecule has 0 aliphatic carbocycles. The Balaban J connectivity index is 2.26. The van der Waals surface area contributed by atoms with Crippen LogP contribution in [0.25, 0.3) is 0 Å². The number of aliphatic carboxylic acids is 1. The third-order valence-electron chi connectivity index (χ3n) is 3.10. The van der Waals surface area contributed by atoms with E-state index in [0.29, 0.717) is 6.42 Å². The molecule has 0 bridgehead atoms. The number of rotatable bonds is 9. The molecule has 1 heterocycles. The number of likely N-dealkylation sites (N-methyl/N-ethyl adjacent to an activating group) is 1. The Bertz CT molecular complexity index is 439. The molecular formula is C12H22N4O2S2. The standard InChI is InChI=1S/C12H22N4O2S2/c1-12(13-2,9(17)18)7-5-6-8-19-11-15-14-10(20-11)16(3)4/h13H,5-8H2,1-4H3,(H,17,18). The first-order chi connectivity index (χ1) is 9.39. The number of nitrogens with one attached hydrogen (secondary N) is 1. The largest absolute Gasteiger partial charge is 0.480 e. The van der Waals surface area contributed by atoms with Gasteiger partial charge in [-0.1, -0.05) is 29.5 Å². The van der Waals surface area contributed by atoms with Gasteiger partial charge in [0.15, 0.2) is 4.34 Å². The van der Waals surface area contributed by atoms with E-state index in [1.807, 2.05) is 19.0 Å². The zero-order valence-corrected chi connectivity index (χ0v) is 14.0. The minimum atomic E-state index is -0.828. The molecule has 20 heavy (non-hydrogen) atoms. The molecule has 1 aromatic heterocycles. The van der Waals surface area contributed by atoms with Crippen molar-refractivity contribution in [2.24, 2.45) is 0 Å². The normalized spacial score (nSPS) is 14.0. The van der Waals surface area contributed by atoms with Crippen molar-refractivity contribution in [3.63, 3.8) is 0 Å². The molecular weight excluding hydrogens is 296 g/mol. The summed E-state index contributed by atoms with van der Waals surface area (Å²) in [5, 5.41) is 21.1. The van der Waals surface area contributed by atoms with Gasteiger partial charge in [0.05, 0.1) is 0 Å². The molecule has 8 heteroatoms. The van der Waals surface area contributed by atoms with E-state index in [1.54, 1.807) is 37.1 Å². The van der Waals surface area contributed by atoms with Gasteiger partial charge in [-0.2, -0.15) is 0 Å². The molecule has 2 N–H and O–H groups in total. The summed E-state index contributed by atoms with van der Waals surface area (Å²) in [6, 6.07) is 0. The number of carboxylic acids is 1. The van der Waals surface area contributed by atoms with Crippen molar-refractivity contribution >= 4 is 34.2 Å². The fourth-order valence-corrected chi connectivity index (χ4v) is 3.35. The third kappa shape index (κ3) is 4.92. The summed E-state index contributed by atoms with van der Waals surface area (Å²) >= 11 is 3.25. The second-order valence-corrected chi connectivity index (χ2v) is 7.24. The Morgan fingerprint density at radius 2 is 2.15 bits per heavy atom. The fourth-order valence-electron chi connectivity index (χ4n) is 1.52. The van der Waals surface area contributed by atoms with Crippen molar-refractivity contribution in [3.05, 3.63) is 0 Å². The quantitative estimate of drug-likeness (QED) is 0.532. The summed E-state index contributed by atoms with van der Waals surface area (Å²) in [5.41, 5.74) is -0.828. The van der Waals surface area contributed by atoms with E-state index >= 15 is 0 Å². The summed E-state index contributed by atoms with van der Waals surface area (Å²) in [6.45, 7) is 1.72. The number of aromatic nitrogens is 2. The zero-order chi connectivity index (χ0) is 15.2. The third-order valence-corrected chi connectivity index (χ3v) is 5.41. The van der Waals surface area contributed by atoms with Crippen LogP contribution in [0.15, 0.2) is 4.34 Å². The van der Waals surface area contributed by atoms with Crippen LogP contribution in [0.4, 0.5) is 5.13 Å². The molecule has 1 atom stereocenters. The Morgan fingerprint density at radius 3 is 2.65 bits per heavy atom. The lowest BCUT2D eigenvalue weighted by atomic mass is 9.95. The summed E-state index contributed by atoms with van der Waals surface area (Å²) in [4.78, 5) is 13.1. The van der Waals surface area contributed by atoms with Gasteiger partial charge in [0, 0.05) is 19.8 Å². The molecule has 1 unspecified atom stereocenters. The molecule has 6 nitrogen and oxygen atoms in total. The van der Waals surface area contributed by atoms with Crippen LogP contribution >= 0.6 is 23.1 Å². The molecule has 0 spiro atoms. The first-order valence-corrected chi connectivity index (χ1v) is 8.25. The second kappa shape index (κ2) is 7.80. The number of hydrogen-bond acceptors (Lipinski definition) is 7. The van der Waals surface area contributed by atoms with Crippen LogP contribution in [-0.2, 0) is 4.79 Å². The summed E-state index contributed by atoms with van der Waals surface area (Å²) in [6.07, 6.45) is 2.46. The predicted octanol–water partition coefficient (Wildman–Crippen LogP) is 1.93. The molecule has 0 aromatic carbocycles. The zero-order valence-electron chi connectivity index (χ0n) is 12.3. The highest BCUT2D eigenvalue weighted by atomic mass is 32.2. The molecule has 114 valence electrons. The van der Waals surface area contributed by atoms with Gasteiger partial charge in [-0.25, -0.2) is 0 Å². The highest BCUT2D eigenvalue weighted by Crippen LogP contribution is 2.27. The lowest BCUT2D eigenvalue weighted by molar-refractivity contribution is -0.144. The predicted molar refractivity (Wildman–Crippen MR) is 83.9 cm³/mol. The highest BCUT2D eigenvalue weighted by molar-refractivity contribution is 8.01. The van der Waals surface area contributed by atoms with Crippen LogP contribution in [-0.4, -0.2) is 53.7 Å². The Kier molecular flexibility index (Phi) is 6.70. The van der Waals surface area contributed by atoms with Crippen LogP contribution in [0.2, 0.25) is 0 Å². The van der Waals surface area contributed by atoms with Crippen molar-refractivity contribution in [1.29, 1.82) is 0 Å². The van der Waals surface area contributed by atoms with E-state index in [4.69, 9.17) is 5.11 Å². The van der Waals surface area contributed by atoms with Gasteiger partial charge in [0.2, 0.25) is 5.13 Å². The summed E-state index contributed by atoms with van der Waals surface area (Å²) in [5.74, 6) is 0.133. The topological polar surface area (TPSA) is 78.4 Å². The van der Waals surface area contributed by atoms with E-state index in [2.05, 4.69) is 15.5 Å². The van der Waals surface area contributed by atoms with Crippen LogP contribution < -0.4 is 10.2 Å². The van der Waals surface area contributed by atoms with Crippen LogP contribution in [0.1, 0.15) is 26.2 Å². The maximum absolute atomic E-state index is 11.1. The molecule has 0 saturated carbocycles. The Morgan fingerprint density at radius 1 is 1.45 bits per heavy atom. The van der Waals surface area contributed by atoms with E-state index in [9.17, 15) is 4.79 Å². The van der Waals surface area contributed by atoms with Crippen LogP contribution in [0.3, 0.4) is 0 Å². The minimum absolute atomic E-state index is 0.623. The van der Waals surface area contributed by atoms with Crippen molar-refractivity contribution in [2.45, 2.75) is 36.1 Å². The van der Waals surface area contributed by atoms with E-state index in [1.165, 1.54) is 0 Å². The Labute approximate surface area is 128 Å². The first-order valence-electron chi connectivity index (χ1n) is 6.45. The van der Waals surface area contributed by atoms with Crippen LogP contribution in [0, 0.1) is 0 Å². The number of carbonyl (C=O) groups is 1. The highest BCUT2D eigenvalue weighted by Gasteiger charge is 2.29. The average molecular weight is 318 g/mol. The number of unbranched alkanes of at least 4 members (excludes halogenated alkanes) is 1. The SMILES string of the molecule is CNC(C)(CCCCSc1nnc(N(C)C)s1)C(=O)O. The first kappa shape index (κ1) is 17.2. The smallest absolute Gasteiger partial charge is 0.323 e. The van der Waals surface area contributed by atoms with Gasteiger partial charge in [0.25, 0.3) is 0 Å². The average Bonchev–Trinajstić information content (AvgIpc) is 2.86. The van der Waals surface area contributed by atoms with Gasteiger partial charge in [-0.15, -0.1) is 10.2 Å².